The predicted octanol–water partition coefficient (Wildman–Crippen LogP) is 4.83. The van der Waals surface area contributed by atoms with Gasteiger partial charge in [-0.2, -0.15) is 0 Å². The fourth-order valence-electron chi connectivity index (χ4n) is 3.54. The second-order valence-electron chi connectivity index (χ2n) is 7.10. The van der Waals surface area contributed by atoms with Gasteiger partial charge < -0.3 is 10.2 Å². The first-order valence-electron chi connectivity index (χ1n) is 9.23. The Kier molecular flexibility index (Phi) is 5.42. The normalized spacial score (nSPS) is 11.3. The van der Waals surface area contributed by atoms with Gasteiger partial charge >= 0.3 is 11.4 Å². The van der Waals surface area contributed by atoms with Gasteiger partial charge in [0, 0.05) is 17.5 Å². The van der Waals surface area contributed by atoms with Crippen molar-refractivity contribution in [2.45, 2.75) is 25.7 Å². The maximum Gasteiger partial charge on any atom is 0.311 e. The summed E-state index contributed by atoms with van der Waals surface area (Å²) in [5.74, 6) is -0.937. The minimum Gasteiger partial charge on any atom is -0.502 e. The number of nitro groups is 2. The lowest BCUT2D eigenvalue weighted by Crippen LogP contribution is -2.25. The van der Waals surface area contributed by atoms with E-state index < -0.39 is 38.1 Å². The molecule has 0 saturated heterocycles. The first-order chi connectivity index (χ1) is 14.2. The van der Waals surface area contributed by atoms with Crippen LogP contribution in [0.4, 0.5) is 11.4 Å². The van der Waals surface area contributed by atoms with Gasteiger partial charge in [-0.05, 0) is 47.7 Å². The van der Waals surface area contributed by atoms with E-state index in [1.807, 2.05) is 31.2 Å². The molecule has 0 saturated carbocycles. The molecular weight excluding hydrogens is 388 g/mol. The van der Waals surface area contributed by atoms with Gasteiger partial charge in [0.25, 0.3) is 0 Å². The van der Waals surface area contributed by atoms with Crippen molar-refractivity contribution in [2.75, 3.05) is 0 Å². The molecule has 0 fully saturated rings. The third kappa shape index (κ3) is 3.55. The van der Waals surface area contributed by atoms with Crippen LogP contribution in [-0.2, 0) is 11.8 Å². The summed E-state index contributed by atoms with van der Waals surface area (Å²) in [5, 5.41) is 42.5. The van der Waals surface area contributed by atoms with E-state index in [-0.39, 0.29) is 0 Å². The maximum absolute atomic E-state index is 11.4. The third-order valence-electron chi connectivity index (χ3n) is 5.44. The second-order valence-corrected chi connectivity index (χ2v) is 7.10. The summed E-state index contributed by atoms with van der Waals surface area (Å²) >= 11 is 0. The molecule has 3 rings (SSSR count). The minimum atomic E-state index is -1.02. The molecule has 3 aromatic rings. The Labute approximate surface area is 172 Å². The molecule has 0 spiro atoms. The van der Waals surface area contributed by atoms with Gasteiger partial charge in [-0.1, -0.05) is 43.3 Å². The number of hydrogen-bond acceptors (Lipinski definition) is 6. The lowest BCUT2D eigenvalue weighted by Gasteiger charge is -2.32. The van der Waals surface area contributed by atoms with Crippen LogP contribution in [0.15, 0.2) is 60.7 Å². The monoisotopic (exact) mass is 408 g/mol. The van der Waals surface area contributed by atoms with E-state index >= 15 is 0 Å². The molecule has 154 valence electrons. The number of hydrogen-bond donors (Lipinski definition) is 2. The van der Waals surface area contributed by atoms with Gasteiger partial charge in [0.1, 0.15) is 0 Å². The molecule has 8 heteroatoms. The number of nitro benzene ring substituents is 2. The Balaban J connectivity index is 2.32. The second kappa shape index (κ2) is 7.82. The molecule has 3 aromatic carbocycles. The number of nitrogens with zero attached hydrogens (tertiary/aromatic N) is 2. The van der Waals surface area contributed by atoms with E-state index in [0.29, 0.717) is 11.1 Å². The Bertz CT molecular complexity index is 1060. The maximum atomic E-state index is 11.4. The number of phenolic OH excluding ortho intramolecular Hbond substituents is 2. The van der Waals surface area contributed by atoms with Crippen molar-refractivity contribution in [1.29, 1.82) is 0 Å². The summed E-state index contributed by atoms with van der Waals surface area (Å²) in [5.41, 5.74) is 0.833. The molecule has 0 atom stereocenters. The van der Waals surface area contributed by atoms with Crippen LogP contribution in [0.25, 0.3) is 0 Å². The molecule has 0 aliphatic heterocycles. The molecule has 30 heavy (non-hydrogen) atoms. The smallest absolute Gasteiger partial charge is 0.311 e. The number of rotatable bonds is 6. The van der Waals surface area contributed by atoms with Crippen molar-refractivity contribution in [1.82, 2.24) is 0 Å². The highest BCUT2D eigenvalue weighted by molar-refractivity contribution is 5.59. The van der Waals surface area contributed by atoms with Gasteiger partial charge in [0.05, 0.1) is 9.85 Å². The quantitative estimate of drug-likeness (QED) is 0.342. The molecule has 0 heterocycles. The van der Waals surface area contributed by atoms with Crippen LogP contribution in [0.1, 0.15) is 36.1 Å². The number of aromatic hydroxyl groups is 2. The van der Waals surface area contributed by atoms with Crippen LogP contribution in [0, 0.1) is 20.2 Å². The van der Waals surface area contributed by atoms with Crippen molar-refractivity contribution in [3.63, 3.8) is 0 Å². The van der Waals surface area contributed by atoms with Gasteiger partial charge in [0.2, 0.25) is 0 Å². The SMILES string of the molecule is CCc1ccc(C(C)(c2ccc(O)c([N+](=O)[O-])c2)c2ccc(O)c([N+](=O)[O-])c2)cc1. The predicted molar refractivity (Wildman–Crippen MR) is 111 cm³/mol. The van der Waals surface area contributed by atoms with Crippen LogP contribution < -0.4 is 0 Å². The van der Waals surface area contributed by atoms with Crippen molar-refractivity contribution in [3.8, 4) is 11.5 Å². The van der Waals surface area contributed by atoms with E-state index in [0.717, 1.165) is 17.5 Å². The van der Waals surface area contributed by atoms with E-state index in [4.69, 9.17) is 0 Å². The van der Waals surface area contributed by atoms with Crippen molar-refractivity contribution in [3.05, 3.63) is 103 Å². The van der Waals surface area contributed by atoms with Crippen molar-refractivity contribution < 1.29 is 20.1 Å². The highest BCUT2D eigenvalue weighted by Gasteiger charge is 2.35. The van der Waals surface area contributed by atoms with Gasteiger partial charge in [-0.3, -0.25) is 20.2 Å². The van der Waals surface area contributed by atoms with Crippen LogP contribution in [0.5, 0.6) is 11.5 Å². The Hall–Kier alpha value is -3.94. The summed E-state index contributed by atoms with van der Waals surface area (Å²) in [6.45, 7) is 3.81. The number of aryl methyl sites for hydroxylation is 1. The summed E-state index contributed by atoms with van der Waals surface area (Å²) in [4.78, 5) is 21.4. The van der Waals surface area contributed by atoms with Gasteiger partial charge in [-0.15, -0.1) is 0 Å². The first kappa shape index (κ1) is 20.8. The van der Waals surface area contributed by atoms with Crippen LogP contribution in [0.2, 0.25) is 0 Å². The van der Waals surface area contributed by atoms with E-state index in [1.165, 1.54) is 24.3 Å². The van der Waals surface area contributed by atoms with Gasteiger partial charge in [0.15, 0.2) is 11.5 Å². The summed E-state index contributed by atoms with van der Waals surface area (Å²) in [7, 11) is 0. The average molecular weight is 408 g/mol. The van der Waals surface area contributed by atoms with E-state index in [1.54, 1.807) is 19.1 Å². The summed E-state index contributed by atoms with van der Waals surface area (Å²) in [6.07, 6.45) is 0.826. The average Bonchev–Trinajstić information content (AvgIpc) is 2.73. The minimum absolute atomic E-state index is 0.461. The lowest BCUT2D eigenvalue weighted by atomic mass is 9.70. The molecule has 0 radical (unpaired) electrons. The zero-order valence-corrected chi connectivity index (χ0v) is 16.4. The van der Waals surface area contributed by atoms with Crippen molar-refractivity contribution >= 4 is 11.4 Å². The number of phenols is 2. The fraction of sp³-hybridized carbons (Fsp3) is 0.182. The highest BCUT2D eigenvalue weighted by Crippen LogP contribution is 2.43. The number of benzene rings is 3. The van der Waals surface area contributed by atoms with E-state index in [2.05, 4.69) is 0 Å². The molecule has 0 aliphatic carbocycles. The van der Waals surface area contributed by atoms with Crippen LogP contribution in [0.3, 0.4) is 0 Å². The molecule has 0 aliphatic rings. The Morgan fingerprint density at radius 2 is 1.17 bits per heavy atom. The van der Waals surface area contributed by atoms with Gasteiger partial charge in [-0.25, -0.2) is 0 Å². The first-order valence-corrected chi connectivity index (χ1v) is 9.23. The van der Waals surface area contributed by atoms with Crippen molar-refractivity contribution in [2.24, 2.45) is 0 Å². The van der Waals surface area contributed by atoms with Crippen LogP contribution in [-0.4, -0.2) is 20.1 Å². The lowest BCUT2D eigenvalue weighted by molar-refractivity contribution is -0.386. The zero-order valence-electron chi connectivity index (χ0n) is 16.4. The largest absolute Gasteiger partial charge is 0.502 e. The Morgan fingerprint density at radius 3 is 1.53 bits per heavy atom. The molecule has 0 aromatic heterocycles. The molecule has 0 amide bonds. The standard InChI is InChI=1S/C22H20N2O6/c1-3-14-4-6-15(7-5-14)22(2,16-8-10-20(25)18(12-16)23(27)28)17-9-11-21(26)19(13-17)24(29)30/h4-13,25-26H,3H2,1-2H3. The van der Waals surface area contributed by atoms with Crippen LogP contribution >= 0.6 is 0 Å². The summed E-state index contributed by atoms with van der Waals surface area (Å²) < 4.78 is 0. The third-order valence-corrected chi connectivity index (χ3v) is 5.44. The highest BCUT2D eigenvalue weighted by atomic mass is 16.6. The Morgan fingerprint density at radius 1 is 0.767 bits per heavy atom. The fourth-order valence-corrected chi connectivity index (χ4v) is 3.54. The summed E-state index contributed by atoms with van der Waals surface area (Å²) in [6, 6.07) is 15.7. The molecule has 0 unspecified atom stereocenters. The topological polar surface area (TPSA) is 127 Å². The molecule has 8 nitrogen and oxygen atoms in total. The molecular formula is C22H20N2O6. The molecule has 2 N–H and O–H groups in total. The zero-order chi connectivity index (χ0) is 22.1. The van der Waals surface area contributed by atoms with E-state index in [9.17, 15) is 30.4 Å². The molecule has 0 bridgehead atoms.